The molecule has 3 aromatic rings. The second-order valence-corrected chi connectivity index (χ2v) is 8.99. The van der Waals surface area contributed by atoms with Crippen LogP contribution in [0, 0.1) is 20.8 Å². The Morgan fingerprint density at radius 2 is 1.74 bits per heavy atom. The number of carbonyl (C=O) groups is 2. The molecule has 0 aliphatic carbocycles. The van der Waals surface area contributed by atoms with E-state index in [1.165, 1.54) is 11.8 Å². The summed E-state index contributed by atoms with van der Waals surface area (Å²) in [6, 6.07) is 11.2. The number of nitrogens with one attached hydrogen (secondary N) is 2. The molecule has 1 heterocycles. The molecule has 2 N–H and O–H groups in total. The maximum Gasteiger partial charge on any atom is 0.251 e. The lowest BCUT2D eigenvalue weighted by Crippen LogP contribution is -2.24. The normalized spacial score (nSPS) is 10.7. The van der Waals surface area contributed by atoms with E-state index in [2.05, 4.69) is 36.8 Å². The molecule has 1 aromatic heterocycles. The Balaban J connectivity index is 1.54. The Morgan fingerprint density at radius 3 is 2.45 bits per heavy atom. The molecule has 2 aromatic carbocycles. The van der Waals surface area contributed by atoms with Gasteiger partial charge in [-0.3, -0.25) is 9.59 Å². The van der Waals surface area contributed by atoms with E-state index < -0.39 is 0 Å². The number of aromatic nitrogens is 3. The van der Waals surface area contributed by atoms with Gasteiger partial charge in [0.1, 0.15) is 0 Å². The lowest BCUT2D eigenvalue weighted by Gasteiger charge is -2.11. The number of aryl methyl sites for hydroxylation is 1. The third-order valence-electron chi connectivity index (χ3n) is 4.97. The first-order chi connectivity index (χ1) is 14.8. The molecule has 0 fully saturated rings. The molecule has 0 bridgehead atoms. The fourth-order valence-electron chi connectivity index (χ4n) is 2.83. The van der Waals surface area contributed by atoms with Gasteiger partial charge in [-0.15, -0.1) is 10.2 Å². The largest absolute Gasteiger partial charge is 0.345 e. The maximum atomic E-state index is 12.4. The van der Waals surface area contributed by atoms with E-state index in [9.17, 15) is 9.59 Å². The summed E-state index contributed by atoms with van der Waals surface area (Å²) in [5.74, 6) is 0.530. The van der Waals surface area contributed by atoms with Gasteiger partial charge in [-0.25, -0.2) is 0 Å². The number of halogens is 1. The topological polar surface area (TPSA) is 88.9 Å². The number of amides is 2. The zero-order valence-corrected chi connectivity index (χ0v) is 20.2. The standard InChI is InChI=1S/C22H24BrN5O2S/c1-13-5-7-16(8-6-13)21(30)24-11-19-26-27-22(28(19)4)31-12-20(29)25-18-10-9-17(23)14(2)15(18)3/h5-10H,11-12H2,1-4H3,(H,24,30)(H,25,29). The van der Waals surface area contributed by atoms with Crippen LogP contribution >= 0.6 is 27.7 Å². The van der Waals surface area contributed by atoms with Crippen LogP contribution in [0.2, 0.25) is 0 Å². The summed E-state index contributed by atoms with van der Waals surface area (Å²) in [5.41, 5.74) is 4.61. The summed E-state index contributed by atoms with van der Waals surface area (Å²) in [5, 5.41) is 14.7. The number of benzene rings is 2. The van der Waals surface area contributed by atoms with E-state index in [0.29, 0.717) is 16.5 Å². The molecule has 31 heavy (non-hydrogen) atoms. The summed E-state index contributed by atoms with van der Waals surface area (Å²) < 4.78 is 2.79. The van der Waals surface area contributed by atoms with Crippen LogP contribution in [0.5, 0.6) is 0 Å². The highest BCUT2D eigenvalue weighted by atomic mass is 79.9. The fourth-order valence-corrected chi connectivity index (χ4v) is 3.99. The minimum absolute atomic E-state index is 0.118. The zero-order chi connectivity index (χ0) is 22.5. The molecule has 0 spiro atoms. The second-order valence-electron chi connectivity index (χ2n) is 7.19. The number of nitrogens with zero attached hydrogens (tertiary/aromatic N) is 3. The van der Waals surface area contributed by atoms with Crippen molar-refractivity contribution in [2.45, 2.75) is 32.5 Å². The van der Waals surface area contributed by atoms with Crippen molar-refractivity contribution in [1.29, 1.82) is 0 Å². The number of hydrogen-bond donors (Lipinski definition) is 2. The average Bonchev–Trinajstić information content (AvgIpc) is 3.11. The van der Waals surface area contributed by atoms with Crippen molar-refractivity contribution in [1.82, 2.24) is 20.1 Å². The van der Waals surface area contributed by atoms with Crippen molar-refractivity contribution in [2.75, 3.05) is 11.1 Å². The van der Waals surface area contributed by atoms with Crippen molar-refractivity contribution in [3.05, 3.63) is 68.9 Å². The molecule has 0 aliphatic heterocycles. The number of carbonyl (C=O) groups excluding carboxylic acids is 2. The van der Waals surface area contributed by atoms with Gasteiger partial charge in [-0.05, 0) is 56.2 Å². The molecule has 0 aliphatic rings. The van der Waals surface area contributed by atoms with E-state index >= 15 is 0 Å². The van der Waals surface area contributed by atoms with Crippen molar-refractivity contribution < 1.29 is 9.59 Å². The predicted octanol–water partition coefficient (Wildman–Crippen LogP) is 4.16. The minimum atomic E-state index is -0.170. The van der Waals surface area contributed by atoms with Crippen molar-refractivity contribution in [2.24, 2.45) is 7.05 Å². The summed E-state index contributed by atoms with van der Waals surface area (Å²) in [4.78, 5) is 24.7. The van der Waals surface area contributed by atoms with Gasteiger partial charge in [-0.2, -0.15) is 0 Å². The third-order valence-corrected chi connectivity index (χ3v) is 6.85. The van der Waals surface area contributed by atoms with Crippen LogP contribution in [-0.2, 0) is 18.4 Å². The van der Waals surface area contributed by atoms with Crippen LogP contribution in [0.1, 0.15) is 32.9 Å². The fraction of sp³-hybridized carbons (Fsp3) is 0.273. The Hall–Kier alpha value is -2.65. The highest BCUT2D eigenvalue weighted by Crippen LogP contribution is 2.26. The van der Waals surface area contributed by atoms with E-state index in [1.54, 1.807) is 16.7 Å². The SMILES string of the molecule is Cc1ccc(C(=O)NCc2nnc(SCC(=O)Nc3ccc(Br)c(C)c3C)n2C)cc1. The van der Waals surface area contributed by atoms with Crippen LogP contribution in [-0.4, -0.2) is 32.3 Å². The Labute approximate surface area is 194 Å². The second kappa shape index (κ2) is 10.1. The first-order valence-corrected chi connectivity index (χ1v) is 11.5. The van der Waals surface area contributed by atoms with Gasteiger partial charge < -0.3 is 15.2 Å². The van der Waals surface area contributed by atoms with Crippen LogP contribution < -0.4 is 10.6 Å². The summed E-state index contributed by atoms with van der Waals surface area (Å²) >= 11 is 4.79. The average molecular weight is 502 g/mol. The molecule has 2 amide bonds. The van der Waals surface area contributed by atoms with E-state index in [0.717, 1.165) is 26.9 Å². The molecule has 162 valence electrons. The molecule has 0 unspecified atom stereocenters. The van der Waals surface area contributed by atoms with Crippen LogP contribution in [0.3, 0.4) is 0 Å². The summed E-state index contributed by atoms with van der Waals surface area (Å²) in [6.45, 7) is 6.20. The van der Waals surface area contributed by atoms with Gasteiger partial charge >= 0.3 is 0 Å². The van der Waals surface area contributed by atoms with Gasteiger partial charge in [0.15, 0.2) is 11.0 Å². The van der Waals surface area contributed by atoms with E-state index in [-0.39, 0.29) is 24.1 Å². The highest BCUT2D eigenvalue weighted by Gasteiger charge is 2.14. The number of rotatable bonds is 7. The quantitative estimate of drug-likeness (QED) is 0.474. The Bertz CT molecular complexity index is 1110. The zero-order valence-electron chi connectivity index (χ0n) is 17.8. The smallest absolute Gasteiger partial charge is 0.251 e. The van der Waals surface area contributed by atoms with Gasteiger partial charge in [0.05, 0.1) is 12.3 Å². The minimum Gasteiger partial charge on any atom is -0.345 e. The summed E-state index contributed by atoms with van der Waals surface area (Å²) in [7, 11) is 1.82. The maximum absolute atomic E-state index is 12.4. The van der Waals surface area contributed by atoms with Gasteiger partial charge in [0.25, 0.3) is 5.91 Å². The summed E-state index contributed by atoms with van der Waals surface area (Å²) in [6.07, 6.45) is 0. The Morgan fingerprint density at radius 1 is 1.03 bits per heavy atom. The molecule has 9 heteroatoms. The van der Waals surface area contributed by atoms with Crippen molar-refractivity contribution >= 4 is 45.2 Å². The van der Waals surface area contributed by atoms with Gasteiger partial charge in [0.2, 0.25) is 5.91 Å². The molecule has 0 saturated carbocycles. The monoisotopic (exact) mass is 501 g/mol. The molecular weight excluding hydrogens is 478 g/mol. The Kier molecular flexibility index (Phi) is 7.50. The molecule has 0 saturated heterocycles. The number of thioether (sulfide) groups is 1. The lowest BCUT2D eigenvalue weighted by molar-refractivity contribution is -0.113. The van der Waals surface area contributed by atoms with Gasteiger partial charge in [-0.1, -0.05) is 45.4 Å². The molecule has 0 atom stereocenters. The highest BCUT2D eigenvalue weighted by molar-refractivity contribution is 9.10. The van der Waals surface area contributed by atoms with Gasteiger partial charge in [0, 0.05) is 22.8 Å². The number of hydrogen-bond acceptors (Lipinski definition) is 5. The lowest BCUT2D eigenvalue weighted by atomic mass is 10.1. The predicted molar refractivity (Wildman–Crippen MR) is 126 cm³/mol. The van der Waals surface area contributed by atoms with E-state index in [1.807, 2.05) is 52.1 Å². The first-order valence-electron chi connectivity index (χ1n) is 9.67. The molecule has 7 nitrogen and oxygen atoms in total. The van der Waals surface area contributed by atoms with Crippen molar-refractivity contribution in [3.8, 4) is 0 Å². The first kappa shape index (κ1) is 23.0. The van der Waals surface area contributed by atoms with Crippen LogP contribution in [0.15, 0.2) is 46.0 Å². The molecule has 0 radical (unpaired) electrons. The van der Waals surface area contributed by atoms with Crippen molar-refractivity contribution in [3.63, 3.8) is 0 Å². The molecule has 3 rings (SSSR count). The van der Waals surface area contributed by atoms with Crippen LogP contribution in [0.4, 0.5) is 5.69 Å². The number of anilines is 1. The molecular formula is C22H24BrN5O2S. The third kappa shape index (κ3) is 5.74. The van der Waals surface area contributed by atoms with Crippen LogP contribution in [0.25, 0.3) is 0 Å². The van der Waals surface area contributed by atoms with E-state index in [4.69, 9.17) is 0 Å².